The third-order valence-electron chi connectivity index (χ3n) is 4.64. The van der Waals surface area contributed by atoms with Crippen molar-refractivity contribution in [1.82, 2.24) is 10.2 Å². The molecule has 0 bridgehead atoms. The van der Waals surface area contributed by atoms with Crippen LogP contribution in [0.15, 0.2) is 0 Å². The third kappa shape index (κ3) is 3.46. The molecule has 2 aliphatic rings. The van der Waals surface area contributed by atoms with Gasteiger partial charge in [-0.3, -0.25) is 4.90 Å². The smallest absolute Gasteiger partial charge is 0.0728 e. The van der Waals surface area contributed by atoms with E-state index in [-0.39, 0.29) is 0 Å². The summed E-state index contributed by atoms with van der Waals surface area (Å²) in [4.78, 5) is 2.67. The third-order valence-corrected chi connectivity index (χ3v) is 4.64. The van der Waals surface area contributed by atoms with Crippen molar-refractivity contribution < 1.29 is 4.74 Å². The van der Waals surface area contributed by atoms with Crippen molar-refractivity contribution in [2.24, 2.45) is 0 Å². The second-order valence-corrected chi connectivity index (χ2v) is 6.05. The lowest BCUT2D eigenvalue weighted by molar-refractivity contribution is -0.00102. The van der Waals surface area contributed by atoms with Crippen LogP contribution >= 0.6 is 0 Å². The van der Waals surface area contributed by atoms with Gasteiger partial charge in [-0.25, -0.2) is 0 Å². The van der Waals surface area contributed by atoms with E-state index in [1.165, 1.54) is 45.2 Å². The zero-order valence-electron chi connectivity index (χ0n) is 12.3. The summed E-state index contributed by atoms with van der Waals surface area (Å²) in [7, 11) is 0. The van der Waals surface area contributed by atoms with Crippen LogP contribution in [0, 0.1) is 0 Å². The molecule has 0 saturated carbocycles. The molecule has 2 fully saturated rings. The Balaban J connectivity index is 1.80. The average Bonchev–Trinajstić information content (AvgIpc) is 2.89. The van der Waals surface area contributed by atoms with E-state index in [1.54, 1.807) is 0 Å². The lowest BCUT2D eigenvalue weighted by Gasteiger charge is -2.43. The van der Waals surface area contributed by atoms with Crippen LogP contribution in [0.25, 0.3) is 0 Å². The van der Waals surface area contributed by atoms with Crippen molar-refractivity contribution in [3.63, 3.8) is 0 Å². The van der Waals surface area contributed by atoms with Gasteiger partial charge in [0.1, 0.15) is 0 Å². The molecule has 0 aromatic heterocycles. The summed E-state index contributed by atoms with van der Waals surface area (Å²) in [5.74, 6) is 0. The van der Waals surface area contributed by atoms with Crippen molar-refractivity contribution >= 4 is 0 Å². The molecule has 2 heterocycles. The standard InChI is InChI=1S/C15H30N2O/c1-4-8-16-14-7-9-17(12(2)11-14)13(3)15-6-5-10-18-15/h12-16H,4-11H2,1-3H3. The fourth-order valence-electron chi connectivity index (χ4n) is 3.53. The summed E-state index contributed by atoms with van der Waals surface area (Å²) >= 11 is 0. The molecule has 106 valence electrons. The van der Waals surface area contributed by atoms with Crippen LogP contribution in [0.4, 0.5) is 0 Å². The summed E-state index contributed by atoms with van der Waals surface area (Å²) in [6, 6.07) is 2.01. The summed E-state index contributed by atoms with van der Waals surface area (Å²) in [5, 5.41) is 3.67. The predicted octanol–water partition coefficient (Wildman–Crippen LogP) is 2.41. The number of piperidine rings is 1. The first-order chi connectivity index (χ1) is 8.72. The van der Waals surface area contributed by atoms with E-state index in [0.29, 0.717) is 18.2 Å². The molecule has 2 rings (SSSR count). The van der Waals surface area contributed by atoms with Gasteiger partial charge in [0.2, 0.25) is 0 Å². The van der Waals surface area contributed by atoms with Gasteiger partial charge in [0, 0.05) is 31.3 Å². The van der Waals surface area contributed by atoms with Crippen molar-refractivity contribution in [1.29, 1.82) is 0 Å². The molecule has 4 atom stereocenters. The Hall–Kier alpha value is -0.120. The highest BCUT2D eigenvalue weighted by Gasteiger charge is 2.33. The second-order valence-electron chi connectivity index (χ2n) is 6.05. The van der Waals surface area contributed by atoms with E-state index < -0.39 is 0 Å². The van der Waals surface area contributed by atoms with Crippen LogP contribution in [-0.4, -0.2) is 48.8 Å². The van der Waals surface area contributed by atoms with Crippen molar-refractivity contribution in [2.75, 3.05) is 19.7 Å². The van der Waals surface area contributed by atoms with Gasteiger partial charge in [0.25, 0.3) is 0 Å². The quantitative estimate of drug-likeness (QED) is 0.815. The number of hydrogen-bond acceptors (Lipinski definition) is 3. The molecular formula is C15H30N2O. The molecular weight excluding hydrogens is 224 g/mol. The second kappa shape index (κ2) is 6.88. The zero-order chi connectivity index (χ0) is 13.0. The molecule has 2 saturated heterocycles. The molecule has 0 aromatic rings. The Morgan fingerprint density at radius 1 is 1.39 bits per heavy atom. The maximum Gasteiger partial charge on any atom is 0.0728 e. The van der Waals surface area contributed by atoms with Gasteiger partial charge in [-0.2, -0.15) is 0 Å². The van der Waals surface area contributed by atoms with Gasteiger partial charge in [-0.1, -0.05) is 6.92 Å². The number of likely N-dealkylation sites (tertiary alicyclic amines) is 1. The van der Waals surface area contributed by atoms with Gasteiger partial charge >= 0.3 is 0 Å². The maximum absolute atomic E-state index is 5.85. The van der Waals surface area contributed by atoms with Crippen molar-refractivity contribution in [2.45, 2.75) is 77.1 Å². The lowest BCUT2D eigenvalue weighted by Crippen LogP contribution is -2.53. The molecule has 2 aliphatic heterocycles. The monoisotopic (exact) mass is 254 g/mol. The fraction of sp³-hybridized carbons (Fsp3) is 1.00. The number of nitrogens with one attached hydrogen (secondary N) is 1. The number of hydrogen-bond donors (Lipinski definition) is 1. The minimum atomic E-state index is 0.479. The first-order valence-electron chi connectivity index (χ1n) is 7.83. The molecule has 18 heavy (non-hydrogen) atoms. The van der Waals surface area contributed by atoms with Gasteiger partial charge < -0.3 is 10.1 Å². The summed E-state index contributed by atoms with van der Waals surface area (Å²) in [6.45, 7) is 10.3. The number of rotatable bonds is 5. The molecule has 4 unspecified atom stereocenters. The van der Waals surface area contributed by atoms with E-state index in [1.807, 2.05) is 0 Å². The first kappa shape index (κ1) is 14.3. The Kier molecular flexibility index (Phi) is 5.46. The predicted molar refractivity (Wildman–Crippen MR) is 75.9 cm³/mol. The van der Waals surface area contributed by atoms with Crippen LogP contribution in [0.3, 0.4) is 0 Å². The molecule has 0 aromatic carbocycles. The van der Waals surface area contributed by atoms with E-state index in [4.69, 9.17) is 4.74 Å². The van der Waals surface area contributed by atoms with E-state index >= 15 is 0 Å². The minimum Gasteiger partial charge on any atom is -0.377 e. The summed E-state index contributed by atoms with van der Waals surface area (Å²) in [6.07, 6.45) is 6.80. The normalized spacial score (nSPS) is 35.8. The molecule has 0 radical (unpaired) electrons. The molecule has 0 spiro atoms. The SMILES string of the molecule is CCCNC1CCN(C(C)C2CCCO2)C(C)C1. The fourth-order valence-corrected chi connectivity index (χ4v) is 3.53. The highest BCUT2D eigenvalue weighted by atomic mass is 16.5. The van der Waals surface area contributed by atoms with Crippen LogP contribution in [0.2, 0.25) is 0 Å². The molecule has 3 heteroatoms. The van der Waals surface area contributed by atoms with E-state index in [0.717, 1.165) is 12.6 Å². The maximum atomic E-state index is 5.85. The van der Waals surface area contributed by atoms with Crippen LogP contribution in [-0.2, 0) is 4.74 Å². The largest absolute Gasteiger partial charge is 0.377 e. The van der Waals surface area contributed by atoms with Crippen LogP contribution < -0.4 is 5.32 Å². The summed E-state index contributed by atoms with van der Waals surface area (Å²) in [5.41, 5.74) is 0. The van der Waals surface area contributed by atoms with Crippen LogP contribution in [0.5, 0.6) is 0 Å². The van der Waals surface area contributed by atoms with Gasteiger partial charge in [0.05, 0.1) is 6.10 Å². The topological polar surface area (TPSA) is 24.5 Å². The Morgan fingerprint density at radius 2 is 2.22 bits per heavy atom. The van der Waals surface area contributed by atoms with Gasteiger partial charge in [-0.15, -0.1) is 0 Å². The average molecular weight is 254 g/mol. The number of ether oxygens (including phenoxy) is 1. The summed E-state index contributed by atoms with van der Waals surface area (Å²) < 4.78 is 5.85. The Bertz CT molecular complexity index is 241. The van der Waals surface area contributed by atoms with Gasteiger partial charge in [0.15, 0.2) is 0 Å². The Morgan fingerprint density at radius 3 is 2.83 bits per heavy atom. The molecule has 1 N–H and O–H groups in total. The van der Waals surface area contributed by atoms with Crippen LogP contribution in [0.1, 0.15) is 52.9 Å². The highest BCUT2D eigenvalue weighted by Crippen LogP contribution is 2.26. The Labute approximate surface area is 112 Å². The van der Waals surface area contributed by atoms with Gasteiger partial charge in [-0.05, 0) is 52.5 Å². The zero-order valence-corrected chi connectivity index (χ0v) is 12.3. The molecule has 0 amide bonds. The highest BCUT2D eigenvalue weighted by molar-refractivity contribution is 4.89. The van der Waals surface area contributed by atoms with E-state index in [2.05, 4.69) is 31.0 Å². The lowest BCUT2D eigenvalue weighted by atomic mass is 9.94. The first-order valence-corrected chi connectivity index (χ1v) is 7.83. The minimum absolute atomic E-state index is 0.479. The van der Waals surface area contributed by atoms with Crippen molar-refractivity contribution in [3.8, 4) is 0 Å². The number of nitrogens with zero attached hydrogens (tertiary/aromatic N) is 1. The van der Waals surface area contributed by atoms with Crippen molar-refractivity contribution in [3.05, 3.63) is 0 Å². The molecule has 3 nitrogen and oxygen atoms in total. The van der Waals surface area contributed by atoms with E-state index in [9.17, 15) is 0 Å². The molecule has 0 aliphatic carbocycles.